The van der Waals surface area contributed by atoms with Crippen molar-refractivity contribution < 1.29 is 19.4 Å². The lowest BCUT2D eigenvalue weighted by molar-refractivity contribution is 0.0697. The van der Waals surface area contributed by atoms with Gasteiger partial charge in [-0.05, 0) is 30.2 Å². The van der Waals surface area contributed by atoms with Crippen LogP contribution >= 0.6 is 0 Å². The summed E-state index contributed by atoms with van der Waals surface area (Å²) in [6.07, 6.45) is 0. The van der Waals surface area contributed by atoms with Crippen molar-refractivity contribution in [3.63, 3.8) is 0 Å². The Morgan fingerprint density at radius 3 is 2.59 bits per heavy atom. The number of nitrogens with zero attached hydrogens (tertiary/aromatic N) is 1. The number of carboxylic acids is 1. The fraction of sp³-hybridized carbons (Fsp3) is 0.267. The highest BCUT2D eigenvalue weighted by atomic mass is 16.5. The number of aromatic amines is 1. The van der Waals surface area contributed by atoms with E-state index < -0.39 is 11.9 Å². The molecule has 1 amide bonds. The molecular formula is C15H17N3O4. The SMILES string of the molecule is COc1ccc(NC(=O)c2cc(C(C)C)[nH]n2)c(C(=O)O)c1. The van der Waals surface area contributed by atoms with Crippen LogP contribution < -0.4 is 10.1 Å². The number of H-pyrrole nitrogens is 1. The molecule has 7 heteroatoms. The number of nitrogens with one attached hydrogen (secondary N) is 2. The van der Waals surface area contributed by atoms with Gasteiger partial charge in [-0.2, -0.15) is 5.10 Å². The maximum atomic E-state index is 12.2. The number of benzene rings is 1. The topological polar surface area (TPSA) is 104 Å². The largest absolute Gasteiger partial charge is 0.497 e. The zero-order chi connectivity index (χ0) is 16.3. The Morgan fingerprint density at radius 2 is 2.05 bits per heavy atom. The second-order valence-electron chi connectivity index (χ2n) is 5.03. The monoisotopic (exact) mass is 303 g/mol. The highest BCUT2D eigenvalue weighted by Gasteiger charge is 2.17. The number of hydrogen-bond donors (Lipinski definition) is 3. The van der Waals surface area contributed by atoms with Crippen LogP contribution in [-0.2, 0) is 0 Å². The molecule has 0 radical (unpaired) electrons. The molecule has 0 bridgehead atoms. The Kier molecular flexibility index (Phi) is 4.45. The van der Waals surface area contributed by atoms with Crippen LogP contribution in [0.3, 0.4) is 0 Å². The van der Waals surface area contributed by atoms with E-state index in [0.717, 1.165) is 5.69 Å². The number of carboxylic acid groups (broad SMARTS) is 1. The Bertz CT molecular complexity index is 707. The summed E-state index contributed by atoms with van der Waals surface area (Å²) >= 11 is 0. The standard InChI is InChI=1S/C15H17N3O4/c1-8(2)12-7-13(18-17-12)14(19)16-11-5-4-9(22-3)6-10(11)15(20)21/h4-8H,1-3H3,(H,16,19)(H,17,18)(H,20,21). The van der Waals surface area contributed by atoms with Crippen LogP contribution in [0.5, 0.6) is 5.75 Å². The molecule has 116 valence electrons. The molecule has 2 aromatic rings. The van der Waals surface area contributed by atoms with Crippen molar-refractivity contribution in [2.24, 2.45) is 0 Å². The van der Waals surface area contributed by atoms with Crippen LogP contribution in [0, 0.1) is 0 Å². The number of carbonyl (C=O) groups excluding carboxylic acids is 1. The minimum absolute atomic E-state index is 0.0488. The number of methoxy groups -OCH3 is 1. The Hall–Kier alpha value is -2.83. The second-order valence-corrected chi connectivity index (χ2v) is 5.03. The van der Waals surface area contributed by atoms with Gasteiger partial charge in [0.05, 0.1) is 18.4 Å². The molecule has 0 aliphatic rings. The number of anilines is 1. The van der Waals surface area contributed by atoms with Crippen LogP contribution in [0.2, 0.25) is 0 Å². The van der Waals surface area contributed by atoms with Gasteiger partial charge >= 0.3 is 5.97 Å². The predicted molar refractivity (Wildman–Crippen MR) is 80.6 cm³/mol. The van der Waals surface area contributed by atoms with Crippen molar-refractivity contribution in [3.8, 4) is 5.75 Å². The van der Waals surface area contributed by atoms with E-state index in [4.69, 9.17) is 4.74 Å². The summed E-state index contributed by atoms with van der Waals surface area (Å²) in [6.45, 7) is 3.95. The van der Waals surface area contributed by atoms with Crippen molar-refractivity contribution in [2.45, 2.75) is 19.8 Å². The first-order chi connectivity index (χ1) is 10.4. The van der Waals surface area contributed by atoms with E-state index in [1.54, 1.807) is 12.1 Å². The smallest absolute Gasteiger partial charge is 0.337 e. The predicted octanol–water partition coefficient (Wildman–Crippen LogP) is 2.49. The van der Waals surface area contributed by atoms with Crippen LogP contribution in [0.15, 0.2) is 24.3 Å². The number of ether oxygens (including phenoxy) is 1. The molecule has 0 saturated carbocycles. The van der Waals surface area contributed by atoms with E-state index in [9.17, 15) is 14.7 Å². The Labute approximate surface area is 127 Å². The molecule has 0 unspecified atom stereocenters. The fourth-order valence-corrected chi connectivity index (χ4v) is 1.87. The summed E-state index contributed by atoms with van der Waals surface area (Å²) in [5.41, 5.74) is 1.17. The van der Waals surface area contributed by atoms with Gasteiger partial charge in [0.1, 0.15) is 5.75 Å². The van der Waals surface area contributed by atoms with Crippen molar-refractivity contribution in [1.82, 2.24) is 10.2 Å². The maximum Gasteiger partial charge on any atom is 0.337 e. The summed E-state index contributed by atoms with van der Waals surface area (Å²) < 4.78 is 4.99. The molecule has 2 rings (SSSR count). The van der Waals surface area contributed by atoms with Crippen LogP contribution in [-0.4, -0.2) is 34.3 Å². The van der Waals surface area contributed by atoms with Crippen molar-refractivity contribution in [1.29, 1.82) is 0 Å². The van der Waals surface area contributed by atoms with E-state index in [0.29, 0.717) is 5.75 Å². The van der Waals surface area contributed by atoms with E-state index in [1.165, 1.54) is 19.2 Å². The fourth-order valence-electron chi connectivity index (χ4n) is 1.87. The average Bonchev–Trinajstić information content (AvgIpc) is 2.97. The highest BCUT2D eigenvalue weighted by molar-refractivity contribution is 6.07. The second kappa shape index (κ2) is 6.30. The van der Waals surface area contributed by atoms with Crippen LogP contribution in [0.1, 0.15) is 46.3 Å². The molecule has 3 N–H and O–H groups in total. The number of hydrogen-bond acceptors (Lipinski definition) is 4. The molecule has 1 aromatic heterocycles. The summed E-state index contributed by atoms with van der Waals surface area (Å²) in [5, 5.41) is 18.5. The highest BCUT2D eigenvalue weighted by Crippen LogP contribution is 2.23. The zero-order valence-corrected chi connectivity index (χ0v) is 12.5. The van der Waals surface area contributed by atoms with E-state index >= 15 is 0 Å². The van der Waals surface area contributed by atoms with Gasteiger partial charge in [0.2, 0.25) is 0 Å². The summed E-state index contributed by atoms with van der Waals surface area (Å²) in [6, 6.07) is 6.05. The Morgan fingerprint density at radius 1 is 1.32 bits per heavy atom. The molecule has 0 atom stereocenters. The van der Waals surface area contributed by atoms with Gasteiger partial charge in [0, 0.05) is 5.69 Å². The summed E-state index contributed by atoms with van der Waals surface area (Å²) in [7, 11) is 1.44. The third-order valence-corrected chi connectivity index (χ3v) is 3.16. The molecule has 0 aliphatic heterocycles. The molecule has 0 fully saturated rings. The number of carbonyl (C=O) groups is 2. The molecule has 0 spiro atoms. The minimum Gasteiger partial charge on any atom is -0.497 e. The van der Waals surface area contributed by atoms with Crippen LogP contribution in [0.4, 0.5) is 5.69 Å². The Balaban J connectivity index is 2.25. The van der Waals surface area contributed by atoms with Crippen molar-refractivity contribution >= 4 is 17.6 Å². The first-order valence-corrected chi connectivity index (χ1v) is 6.70. The molecule has 0 saturated heterocycles. The molecule has 0 aliphatic carbocycles. The van der Waals surface area contributed by atoms with Gasteiger partial charge in [-0.15, -0.1) is 0 Å². The molecule has 1 heterocycles. The number of amides is 1. The van der Waals surface area contributed by atoms with Gasteiger partial charge in [-0.25, -0.2) is 4.79 Å². The zero-order valence-electron chi connectivity index (χ0n) is 12.5. The van der Waals surface area contributed by atoms with Gasteiger partial charge < -0.3 is 15.2 Å². The lowest BCUT2D eigenvalue weighted by atomic mass is 10.1. The first kappa shape index (κ1) is 15.6. The number of rotatable bonds is 5. The average molecular weight is 303 g/mol. The summed E-state index contributed by atoms with van der Waals surface area (Å²) in [5.74, 6) is -1.02. The number of aromatic carboxylic acids is 1. The van der Waals surface area contributed by atoms with E-state index in [-0.39, 0.29) is 22.9 Å². The van der Waals surface area contributed by atoms with Gasteiger partial charge in [-0.3, -0.25) is 9.89 Å². The first-order valence-electron chi connectivity index (χ1n) is 6.70. The maximum absolute atomic E-state index is 12.2. The normalized spacial score (nSPS) is 10.5. The van der Waals surface area contributed by atoms with Crippen molar-refractivity contribution in [2.75, 3.05) is 12.4 Å². The van der Waals surface area contributed by atoms with Gasteiger partial charge in [0.25, 0.3) is 5.91 Å². The van der Waals surface area contributed by atoms with Crippen molar-refractivity contribution in [3.05, 3.63) is 41.2 Å². The van der Waals surface area contributed by atoms with Crippen LogP contribution in [0.25, 0.3) is 0 Å². The lowest BCUT2D eigenvalue weighted by Gasteiger charge is -2.09. The molecule has 22 heavy (non-hydrogen) atoms. The minimum atomic E-state index is -1.15. The quantitative estimate of drug-likeness (QED) is 0.787. The van der Waals surface area contributed by atoms with Gasteiger partial charge in [0.15, 0.2) is 5.69 Å². The number of aromatic nitrogens is 2. The van der Waals surface area contributed by atoms with E-state index in [1.807, 2.05) is 13.8 Å². The summed E-state index contributed by atoms with van der Waals surface area (Å²) in [4.78, 5) is 23.4. The molecular weight excluding hydrogens is 286 g/mol. The lowest BCUT2D eigenvalue weighted by Crippen LogP contribution is -2.15. The van der Waals surface area contributed by atoms with E-state index in [2.05, 4.69) is 15.5 Å². The third kappa shape index (κ3) is 3.25. The molecule has 1 aromatic carbocycles. The molecule has 7 nitrogen and oxygen atoms in total. The third-order valence-electron chi connectivity index (χ3n) is 3.16. The van der Waals surface area contributed by atoms with Gasteiger partial charge in [-0.1, -0.05) is 13.8 Å².